The molecule has 0 aromatic heterocycles. The number of aliphatic hydroxyl groups is 1. The molecule has 0 bridgehead atoms. The van der Waals surface area contributed by atoms with Crippen LogP contribution in [0.1, 0.15) is 32.6 Å². The van der Waals surface area contributed by atoms with Crippen LogP contribution in [0, 0.1) is 32.1 Å². The first kappa shape index (κ1) is 21.3. The lowest BCUT2D eigenvalue weighted by Gasteiger charge is -2.28. The fourth-order valence-corrected chi connectivity index (χ4v) is 3.04. The highest BCUT2D eigenvalue weighted by atomic mass is 17.0. The van der Waals surface area contributed by atoms with Crippen molar-refractivity contribution in [3.05, 3.63) is 20.2 Å². The van der Waals surface area contributed by atoms with E-state index in [2.05, 4.69) is 20.3 Å². The van der Waals surface area contributed by atoms with Crippen LogP contribution in [-0.2, 0) is 9.68 Å². The summed E-state index contributed by atoms with van der Waals surface area (Å²) in [5.41, 5.74) is 0. The lowest BCUT2D eigenvalue weighted by molar-refractivity contribution is -0.791. The minimum atomic E-state index is -0.975. The molecule has 11 heteroatoms. The minimum absolute atomic E-state index is 0.0911. The fraction of sp³-hybridized carbons (Fsp3) is 1.00. The molecule has 2 saturated heterocycles. The van der Waals surface area contributed by atoms with Crippen LogP contribution in [0.25, 0.3) is 0 Å². The Morgan fingerprint density at radius 3 is 1.84 bits per heavy atom. The fourth-order valence-electron chi connectivity index (χ4n) is 3.04. The van der Waals surface area contributed by atoms with Crippen molar-refractivity contribution in [3.63, 3.8) is 0 Å². The third-order valence-corrected chi connectivity index (χ3v) is 4.54. The van der Waals surface area contributed by atoms with Crippen molar-refractivity contribution in [1.29, 1.82) is 0 Å². The van der Waals surface area contributed by atoms with Gasteiger partial charge in [0.15, 0.2) is 0 Å². The molecule has 11 nitrogen and oxygen atoms in total. The summed E-state index contributed by atoms with van der Waals surface area (Å²) in [7, 11) is 0. The molecule has 2 aliphatic heterocycles. The van der Waals surface area contributed by atoms with Crippen molar-refractivity contribution in [2.24, 2.45) is 11.8 Å². The topological polar surface area (TPSA) is 149 Å². The summed E-state index contributed by atoms with van der Waals surface area (Å²) in [5.74, 6) is 0.456. The maximum absolute atomic E-state index is 10.2. The van der Waals surface area contributed by atoms with E-state index in [1.54, 1.807) is 0 Å². The SMILES string of the molecule is CC(O)C1CCNCC1.O=[N+]([O-])OCC(O[N+](=O)[O-])C1CCNCC1. The average molecular weight is 364 g/mol. The molecule has 0 aliphatic carbocycles. The van der Waals surface area contributed by atoms with Gasteiger partial charge < -0.3 is 25.4 Å². The molecule has 0 aromatic rings. The summed E-state index contributed by atoms with van der Waals surface area (Å²) in [6.45, 7) is 5.08. The molecule has 25 heavy (non-hydrogen) atoms. The van der Waals surface area contributed by atoms with Gasteiger partial charge in [0.1, 0.15) is 12.7 Å². The lowest BCUT2D eigenvalue weighted by Crippen LogP contribution is -2.39. The van der Waals surface area contributed by atoms with E-state index in [0.717, 1.165) is 39.0 Å². The molecular weight excluding hydrogens is 336 g/mol. The van der Waals surface area contributed by atoms with Crippen LogP contribution in [0.4, 0.5) is 0 Å². The molecular formula is C14H28N4O7. The Hall–Kier alpha value is -1.72. The Balaban J connectivity index is 0.000000293. The van der Waals surface area contributed by atoms with Crippen LogP contribution in [0.15, 0.2) is 0 Å². The van der Waals surface area contributed by atoms with Crippen molar-refractivity contribution in [1.82, 2.24) is 10.6 Å². The molecule has 2 unspecified atom stereocenters. The Bertz CT molecular complexity index is 399. The van der Waals surface area contributed by atoms with Crippen LogP contribution >= 0.6 is 0 Å². The van der Waals surface area contributed by atoms with Gasteiger partial charge in [0.2, 0.25) is 0 Å². The predicted octanol–water partition coefficient (Wildman–Crippen LogP) is 0.138. The maximum Gasteiger partial charge on any atom is 0.294 e. The van der Waals surface area contributed by atoms with Gasteiger partial charge in [-0.1, -0.05) is 0 Å². The summed E-state index contributed by atoms with van der Waals surface area (Å²) in [4.78, 5) is 28.8. The number of piperidine rings is 2. The highest BCUT2D eigenvalue weighted by Gasteiger charge is 2.27. The van der Waals surface area contributed by atoms with Crippen LogP contribution in [-0.4, -0.2) is 60.3 Å². The van der Waals surface area contributed by atoms with Crippen LogP contribution in [0.2, 0.25) is 0 Å². The number of nitrogens with zero attached hydrogens (tertiary/aromatic N) is 2. The largest absolute Gasteiger partial charge is 0.393 e. The predicted molar refractivity (Wildman–Crippen MR) is 87.7 cm³/mol. The molecule has 0 radical (unpaired) electrons. The van der Waals surface area contributed by atoms with Gasteiger partial charge in [-0.3, -0.25) is 0 Å². The van der Waals surface area contributed by atoms with Gasteiger partial charge in [-0.05, 0) is 70.6 Å². The molecule has 2 fully saturated rings. The Morgan fingerprint density at radius 2 is 1.48 bits per heavy atom. The van der Waals surface area contributed by atoms with Gasteiger partial charge in [-0.2, -0.15) is 0 Å². The summed E-state index contributed by atoms with van der Waals surface area (Å²) in [6.07, 6.45) is 2.66. The summed E-state index contributed by atoms with van der Waals surface area (Å²) >= 11 is 0. The lowest BCUT2D eigenvalue weighted by atomic mass is 9.93. The van der Waals surface area contributed by atoms with Crippen molar-refractivity contribution < 1.29 is 25.0 Å². The maximum atomic E-state index is 10.2. The van der Waals surface area contributed by atoms with Gasteiger partial charge in [-0.15, -0.1) is 20.2 Å². The zero-order valence-electron chi connectivity index (χ0n) is 14.5. The monoisotopic (exact) mass is 364 g/mol. The molecule has 2 heterocycles. The Morgan fingerprint density at radius 1 is 1.00 bits per heavy atom. The van der Waals surface area contributed by atoms with E-state index in [4.69, 9.17) is 5.11 Å². The van der Waals surface area contributed by atoms with Crippen LogP contribution < -0.4 is 10.6 Å². The Labute approximate surface area is 146 Å². The molecule has 3 N–H and O–H groups in total. The van der Waals surface area contributed by atoms with Crippen molar-refractivity contribution in [2.75, 3.05) is 32.8 Å². The second-order valence-electron chi connectivity index (χ2n) is 6.30. The second-order valence-corrected chi connectivity index (χ2v) is 6.30. The molecule has 0 spiro atoms. The van der Waals surface area contributed by atoms with Gasteiger partial charge in [-0.25, -0.2) is 0 Å². The molecule has 2 rings (SSSR count). The highest BCUT2D eigenvalue weighted by Crippen LogP contribution is 2.19. The molecule has 2 atom stereocenters. The zero-order valence-corrected chi connectivity index (χ0v) is 14.5. The third kappa shape index (κ3) is 9.37. The number of aliphatic hydroxyl groups excluding tert-OH is 1. The number of hydrogen-bond donors (Lipinski definition) is 3. The van der Waals surface area contributed by atoms with Gasteiger partial charge >= 0.3 is 0 Å². The summed E-state index contributed by atoms with van der Waals surface area (Å²) in [5, 5.41) is 33.8. The molecule has 0 aromatic carbocycles. The smallest absolute Gasteiger partial charge is 0.294 e. The number of hydrogen-bond acceptors (Lipinski definition) is 9. The van der Waals surface area contributed by atoms with Gasteiger partial charge in [0, 0.05) is 0 Å². The first-order valence-corrected chi connectivity index (χ1v) is 8.58. The zero-order chi connectivity index (χ0) is 18.7. The van der Waals surface area contributed by atoms with Crippen molar-refractivity contribution >= 4 is 0 Å². The first-order chi connectivity index (χ1) is 11.9. The standard InChI is InChI=1S/C7H13N3O6.C7H15NO/c11-9(12)15-5-7(16-10(13)14)6-1-3-8-4-2-6;1-6(9)7-2-4-8-5-3-7/h6-8H,1-5H2;6-9H,2-5H2,1H3. The van der Waals surface area contributed by atoms with Crippen molar-refractivity contribution in [2.45, 2.75) is 44.8 Å². The third-order valence-electron chi connectivity index (χ3n) is 4.54. The van der Waals surface area contributed by atoms with E-state index in [1.807, 2.05) is 6.92 Å². The van der Waals surface area contributed by atoms with Crippen LogP contribution in [0.3, 0.4) is 0 Å². The summed E-state index contributed by atoms with van der Waals surface area (Å²) in [6, 6.07) is 0. The molecule has 146 valence electrons. The Kier molecular flexibility index (Phi) is 10.0. The van der Waals surface area contributed by atoms with E-state index in [0.29, 0.717) is 18.8 Å². The van der Waals surface area contributed by atoms with E-state index in [9.17, 15) is 20.2 Å². The summed E-state index contributed by atoms with van der Waals surface area (Å²) < 4.78 is 0. The molecule has 0 saturated carbocycles. The molecule has 2 aliphatic rings. The minimum Gasteiger partial charge on any atom is -0.393 e. The normalized spacial score (nSPS) is 21.4. The average Bonchev–Trinajstić information content (AvgIpc) is 2.60. The number of rotatable bonds is 7. The van der Waals surface area contributed by atoms with Crippen LogP contribution in [0.5, 0.6) is 0 Å². The van der Waals surface area contributed by atoms with E-state index >= 15 is 0 Å². The van der Waals surface area contributed by atoms with E-state index in [-0.39, 0.29) is 12.0 Å². The second kappa shape index (κ2) is 11.8. The number of nitrogens with one attached hydrogen (secondary N) is 2. The van der Waals surface area contributed by atoms with Crippen molar-refractivity contribution in [3.8, 4) is 0 Å². The van der Waals surface area contributed by atoms with E-state index in [1.165, 1.54) is 0 Å². The quantitative estimate of drug-likeness (QED) is 0.423. The van der Waals surface area contributed by atoms with Gasteiger partial charge in [0.05, 0.1) is 6.10 Å². The van der Waals surface area contributed by atoms with Gasteiger partial charge in [0.25, 0.3) is 10.2 Å². The molecule has 0 amide bonds. The highest BCUT2D eigenvalue weighted by molar-refractivity contribution is 4.75. The first-order valence-electron chi connectivity index (χ1n) is 8.58. The van der Waals surface area contributed by atoms with E-state index < -0.39 is 22.9 Å².